The first-order valence-corrected chi connectivity index (χ1v) is 10.9. The number of fused-ring (bicyclic) bond motifs is 1. The number of aliphatic hydroxyl groups excluding tert-OH is 1. The van der Waals surface area contributed by atoms with E-state index >= 15 is 0 Å². The fourth-order valence-electron chi connectivity index (χ4n) is 3.03. The number of aromatic nitrogens is 2. The number of hydrogen-bond donors (Lipinski definition) is 3. The third kappa shape index (κ3) is 4.42. The quantitative estimate of drug-likeness (QED) is 0.662. The summed E-state index contributed by atoms with van der Waals surface area (Å²) in [6.45, 7) is 2.66. The monoisotopic (exact) mass is 449 g/mol. The van der Waals surface area contributed by atoms with Crippen LogP contribution in [0.2, 0.25) is 0 Å². The second-order valence-electron chi connectivity index (χ2n) is 6.52. The highest BCUT2D eigenvalue weighted by Gasteiger charge is 2.37. The smallest absolute Gasteiger partial charge is 0.386 e. The minimum absolute atomic E-state index is 0.0299. The lowest BCUT2D eigenvalue weighted by Crippen LogP contribution is -2.20. The number of amides is 2. The number of thiazole rings is 1. The average Bonchev–Trinajstić information content (AvgIpc) is 3.24. The van der Waals surface area contributed by atoms with Gasteiger partial charge in [0, 0.05) is 11.3 Å². The summed E-state index contributed by atoms with van der Waals surface area (Å²) in [4.78, 5) is 19.9. The zero-order chi connectivity index (χ0) is 21.6. The molecule has 2 amide bonds. The van der Waals surface area contributed by atoms with E-state index in [0.29, 0.717) is 24.8 Å². The van der Waals surface area contributed by atoms with Crippen LogP contribution in [0.4, 0.5) is 23.7 Å². The number of nitrogens with two attached hydrogens (primary N) is 1. The summed E-state index contributed by atoms with van der Waals surface area (Å²) in [5.41, 5.74) is -0.560. The Labute approximate surface area is 168 Å². The lowest BCUT2D eigenvalue weighted by atomic mass is 10.1. The average molecular weight is 449 g/mol. The fraction of sp³-hybridized carbons (Fsp3) is 0.438. The van der Waals surface area contributed by atoms with E-state index in [1.54, 1.807) is 0 Å². The molecule has 158 valence electrons. The molecule has 1 aliphatic rings. The SMILES string of the molecule is Cc1c(C(F)(F)F)nc2c(c1NC(=O)N=S(N)(=O)c1cnc([C@@H](C)O)s1)CCC2. The van der Waals surface area contributed by atoms with Crippen molar-refractivity contribution < 1.29 is 27.3 Å². The fourth-order valence-corrected chi connectivity index (χ4v) is 5.05. The summed E-state index contributed by atoms with van der Waals surface area (Å²) in [5, 5.41) is 17.7. The highest BCUT2D eigenvalue weighted by atomic mass is 32.2. The zero-order valence-corrected chi connectivity index (χ0v) is 17.0. The van der Waals surface area contributed by atoms with Crippen LogP contribution in [0.1, 0.15) is 47.0 Å². The Morgan fingerprint density at radius 2 is 2.14 bits per heavy atom. The Balaban J connectivity index is 1.97. The van der Waals surface area contributed by atoms with Crippen molar-refractivity contribution >= 4 is 33.0 Å². The summed E-state index contributed by atoms with van der Waals surface area (Å²) in [7, 11) is -3.69. The summed E-state index contributed by atoms with van der Waals surface area (Å²) in [5.74, 6) is 0. The first-order chi connectivity index (χ1) is 13.4. The van der Waals surface area contributed by atoms with Crippen molar-refractivity contribution in [2.24, 2.45) is 9.50 Å². The van der Waals surface area contributed by atoms with Gasteiger partial charge in [0.2, 0.25) is 0 Å². The van der Waals surface area contributed by atoms with Gasteiger partial charge < -0.3 is 10.4 Å². The molecule has 0 bridgehead atoms. The van der Waals surface area contributed by atoms with Crippen LogP contribution in [-0.2, 0) is 28.9 Å². The highest BCUT2D eigenvalue weighted by molar-refractivity contribution is 7.93. The van der Waals surface area contributed by atoms with Crippen LogP contribution >= 0.6 is 11.3 Å². The van der Waals surface area contributed by atoms with Gasteiger partial charge in [0.25, 0.3) is 0 Å². The number of nitrogens with one attached hydrogen (secondary N) is 1. The third-order valence-electron chi connectivity index (χ3n) is 4.33. The van der Waals surface area contributed by atoms with Crippen LogP contribution in [0.3, 0.4) is 0 Å². The summed E-state index contributed by atoms with van der Waals surface area (Å²) >= 11 is 0.831. The Kier molecular flexibility index (Phi) is 5.69. The number of hydrogen-bond acceptors (Lipinski definition) is 6. The molecule has 3 rings (SSSR count). The number of halogens is 3. The van der Waals surface area contributed by atoms with Gasteiger partial charge in [-0.3, -0.25) is 0 Å². The molecule has 2 heterocycles. The van der Waals surface area contributed by atoms with E-state index in [1.165, 1.54) is 13.8 Å². The van der Waals surface area contributed by atoms with Crippen LogP contribution in [0.15, 0.2) is 14.8 Å². The zero-order valence-electron chi connectivity index (χ0n) is 15.4. The lowest BCUT2D eigenvalue weighted by molar-refractivity contribution is -0.141. The standard InChI is InChI=1S/C16H18F3N5O3S2/c1-7-12(9-4-3-5-10(9)22-13(7)16(17,18)19)23-15(26)24-29(20,27)11-6-21-14(28-11)8(2)25/h6,8,25H,3-5H2,1-2H3,(H3,20,22,23,24,26,27)/t8-,29?/m1/s1. The molecule has 0 saturated heterocycles. The van der Waals surface area contributed by atoms with Crippen LogP contribution < -0.4 is 10.5 Å². The van der Waals surface area contributed by atoms with Crippen molar-refractivity contribution in [1.29, 1.82) is 0 Å². The minimum atomic E-state index is -4.68. The molecule has 0 spiro atoms. The van der Waals surface area contributed by atoms with Crippen molar-refractivity contribution in [2.45, 2.75) is 49.6 Å². The predicted molar refractivity (Wildman–Crippen MR) is 101 cm³/mol. The Morgan fingerprint density at radius 3 is 2.72 bits per heavy atom. The molecule has 13 heteroatoms. The molecule has 0 fully saturated rings. The molecular formula is C16H18F3N5O3S2. The molecular weight excluding hydrogens is 431 g/mol. The van der Waals surface area contributed by atoms with Gasteiger partial charge in [0.15, 0.2) is 9.92 Å². The van der Waals surface area contributed by atoms with E-state index in [0.717, 1.165) is 17.5 Å². The molecule has 0 radical (unpaired) electrons. The first kappa shape index (κ1) is 21.6. The van der Waals surface area contributed by atoms with E-state index in [9.17, 15) is 27.3 Å². The maximum atomic E-state index is 13.3. The number of aliphatic hydroxyl groups is 1. The van der Waals surface area contributed by atoms with Gasteiger partial charge in [0.05, 0.1) is 11.9 Å². The Hall–Kier alpha value is -2.09. The maximum Gasteiger partial charge on any atom is 0.433 e. The van der Waals surface area contributed by atoms with Crippen molar-refractivity contribution in [2.75, 3.05) is 5.32 Å². The summed E-state index contributed by atoms with van der Waals surface area (Å²) < 4.78 is 55.9. The van der Waals surface area contributed by atoms with Gasteiger partial charge >= 0.3 is 12.2 Å². The van der Waals surface area contributed by atoms with Crippen molar-refractivity contribution in [3.8, 4) is 0 Å². The number of urea groups is 1. The number of pyridine rings is 1. The maximum absolute atomic E-state index is 13.3. The number of aryl methyl sites for hydroxylation is 1. The number of carbonyl (C=O) groups is 1. The molecule has 2 aromatic heterocycles. The van der Waals surface area contributed by atoms with Gasteiger partial charge in [-0.1, -0.05) is 0 Å². The molecule has 0 aliphatic heterocycles. The van der Waals surface area contributed by atoms with Crippen molar-refractivity contribution in [3.05, 3.63) is 33.7 Å². The number of rotatable bonds is 3. The van der Waals surface area contributed by atoms with Crippen LogP contribution in [0, 0.1) is 6.92 Å². The Bertz CT molecular complexity index is 1090. The second kappa shape index (κ2) is 7.63. The highest BCUT2D eigenvalue weighted by Crippen LogP contribution is 2.38. The van der Waals surface area contributed by atoms with Crippen molar-refractivity contribution in [1.82, 2.24) is 9.97 Å². The van der Waals surface area contributed by atoms with Crippen LogP contribution in [-0.4, -0.2) is 25.3 Å². The lowest BCUT2D eigenvalue weighted by Gasteiger charge is -2.17. The van der Waals surface area contributed by atoms with Gasteiger partial charge in [-0.25, -0.2) is 24.1 Å². The van der Waals surface area contributed by atoms with E-state index in [1.807, 2.05) is 0 Å². The molecule has 2 atom stereocenters. The second-order valence-corrected chi connectivity index (χ2v) is 9.60. The number of alkyl halides is 3. The van der Waals surface area contributed by atoms with Crippen molar-refractivity contribution in [3.63, 3.8) is 0 Å². The third-order valence-corrected chi connectivity index (χ3v) is 7.38. The number of anilines is 1. The van der Waals surface area contributed by atoms with Crippen LogP contribution in [0.25, 0.3) is 0 Å². The normalized spacial score (nSPS) is 16.8. The molecule has 29 heavy (non-hydrogen) atoms. The largest absolute Gasteiger partial charge is 0.433 e. The molecule has 0 aromatic carbocycles. The summed E-state index contributed by atoms with van der Waals surface area (Å²) in [6, 6.07) is -1.14. The molecule has 4 N–H and O–H groups in total. The first-order valence-electron chi connectivity index (χ1n) is 8.49. The van der Waals surface area contributed by atoms with E-state index < -0.39 is 33.9 Å². The minimum Gasteiger partial charge on any atom is -0.386 e. The van der Waals surface area contributed by atoms with Gasteiger partial charge in [-0.05, 0) is 38.7 Å². The topological polar surface area (TPSA) is 131 Å². The van der Waals surface area contributed by atoms with E-state index in [2.05, 4.69) is 19.6 Å². The van der Waals surface area contributed by atoms with E-state index in [-0.39, 0.29) is 26.2 Å². The predicted octanol–water partition coefficient (Wildman–Crippen LogP) is 3.34. The van der Waals surface area contributed by atoms with E-state index in [4.69, 9.17) is 5.14 Å². The van der Waals surface area contributed by atoms with Crippen LogP contribution in [0.5, 0.6) is 0 Å². The molecule has 1 aliphatic carbocycles. The van der Waals surface area contributed by atoms with Gasteiger partial charge in [-0.2, -0.15) is 13.2 Å². The van der Waals surface area contributed by atoms with Gasteiger partial charge in [0.1, 0.15) is 21.0 Å². The Morgan fingerprint density at radius 1 is 1.45 bits per heavy atom. The number of nitrogens with zero attached hydrogens (tertiary/aromatic N) is 3. The molecule has 1 unspecified atom stereocenters. The summed E-state index contributed by atoms with van der Waals surface area (Å²) in [6.07, 6.45) is -3.01. The van der Waals surface area contributed by atoms with Gasteiger partial charge in [-0.15, -0.1) is 15.7 Å². The molecule has 0 saturated carbocycles. The number of carbonyl (C=O) groups excluding carboxylic acids is 1. The molecule has 2 aromatic rings. The molecule has 8 nitrogen and oxygen atoms in total.